The summed E-state index contributed by atoms with van der Waals surface area (Å²) in [6.07, 6.45) is 0. The van der Waals surface area contributed by atoms with Crippen molar-refractivity contribution in [1.29, 1.82) is 0 Å². The summed E-state index contributed by atoms with van der Waals surface area (Å²) in [4.78, 5) is 31.6. The van der Waals surface area contributed by atoms with E-state index >= 15 is 0 Å². The monoisotopic (exact) mass is 407 g/mol. The van der Waals surface area contributed by atoms with Crippen molar-refractivity contribution in [3.05, 3.63) is 75.7 Å². The Morgan fingerprint density at radius 2 is 1.80 bits per heavy atom. The molecule has 2 aromatic carbocycles. The summed E-state index contributed by atoms with van der Waals surface area (Å²) in [6.45, 7) is 4.70. The first-order valence-corrected chi connectivity index (χ1v) is 9.66. The third kappa shape index (κ3) is 4.20. The number of piperazine rings is 1. The van der Waals surface area contributed by atoms with Crippen molar-refractivity contribution in [3.63, 3.8) is 0 Å². The van der Waals surface area contributed by atoms with Crippen molar-refractivity contribution in [2.45, 2.75) is 13.5 Å². The number of hydrogen-bond acceptors (Lipinski definition) is 7. The van der Waals surface area contributed by atoms with E-state index in [0.717, 1.165) is 11.1 Å². The summed E-state index contributed by atoms with van der Waals surface area (Å²) in [6, 6.07) is 14.0. The molecule has 3 aromatic rings. The number of aryl methyl sites for hydroxylation is 1. The highest BCUT2D eigenvalue weighted by molar-refractivity contribution is 5.98. The molecule has 0 aliphatic carbocycles. The Bertz CT molecular complexity index is 1060. The van der Waals surface area contributed by atoms with Crippen molar-refractivity contribution >= 4 is 11.6 Å². The van der Waals surface area contributed by atoms with E-state index in [2.05, 4.69) is 15.0 Å². The molecule has 1 fully saturated rings. The first-order chi connectivity index (χ1) is 14.5. The van der Waals surface area contributed by atoms with Crippen LogP contribution in [-0.2, 0) is 6.54 Å². The lowest BCUT2D eigenvalue weighted by Gasteiger charge is -2.33. The second-order valence-electron chi connectivity index (χ2n) is 7.22. The number of carbonyl (C=O) groups excluding carboxylic acids is 1. The number of hydrogen-bond donors (Lipinski definition) is 0. The van der Waals surface area contributed by atoms with Crippen molar-refractivity contribution in [3.8, 4) is 11.4 Å². The van der Waals surface area contributed by atoms with Gasteiger partial charge in [-0.2, -0.15) is 4.98 Å². The Labute approximate surface area is 173 Å². The number of aromatic nitrogens is 2. The molecule has 1 aromatic heterocycles. The second kappa shape index (κ2) is 8.42. The van der Waals surface area contributed by atoms with E-state index in [1.165, 1.54) is 12.1 Å². The Balaban J connectivity index is 1.36. The fourth-order valence-electron chi connectivity index (χ4n) is 3.42. The second-order valence-corrected chi connectivity index (χ2v) is 7.22. The van der Waals surface area contributed by atoms with Gasteiger partial charge in [0.1, 0.15) is 5.56 Å². The first kappa shape index (κ1) is 19.7. The molecule has 0 bridgehead atoms. The summed E-state index contributed by atoms with van der Waals surface area (Å²) >= 11 is 0. The van der Waals surface area contributed by atoms with Gasteiger partial charge in [-0.1, -0.05) is 47.1 Å². The van der Waals surface area contributed by atoms with Gasteiger partial charge in [0.15, 0.2) is 0 Å². The molecule has 9 heteroatoms. The predicted octanol–water partition coefficient (Wildman–Crippen LogP) is 2.91. The fraction of sp³-hybridized carbons (Fsp3) is 0.286. The number of benzene rings is 2. The van der Waals surface area contributed by atoms with Crippen LogP contribution in [0, 0.1) is 17.0 Å². The fourth-order valence-corrected chi connectivity index (χ4v) is 3.42. The molecule has 0 N–H and O–H groups in total. The van der Waals surface area contributed by atoms with Gasteiger partial charge in [-0.05, 0) is 13.0 Å². The molecule has 1 aliphatic heterocycles. The average Bonchev–Trinajstić information content (AvgIpc) is 3.22. The van der Waals surface area contributed by atoms with Gasteiger partial charge in [0.25, 0.3) is 11.6 Å². The van der Waals surface area contributed by atoms with Gasteiger partial charge in [0.2, 0.25) is 11.7 Å². The zero-order valence-corrected chi connectivity index (χ0v) is 16.5. The van der Waals surface area contributed by atoms with E-state index in [4.69, 9.17) is 4.52 Å². The Morgan fingerprint density at radius 3 is 2.50 bits per heavy atom. The number of carbonyl (C=O) groups is 1. The zero-order chi connectivity index (χ0) is 21.1. The van der Waals surface area contributed by atoms with Gasteiger partial charge < -0.3 is 9.42 Å². The van der Waals surface area contributed by atoms with Crippen LogP contribution in [0.15, 0.2) is 53.1 Å². The van der Waals surface area contributed by atoms with E-state index in [0.29, 0.717) is 44.4 Å². The summed E-state index contributed by atoms with van der Waals surface area (Å²) in [5.74, 6) is 0.751. The Morgan fingerprint density at radius 1 is 1.10 bits per heavy atom. The van der Waals surface area contributed by atoms with Crippen LogP contribution < -0.4 is 0 Å². The molecule has 0 spiro atoms. The van der Waals surface area contributed by atoms with Crippen LogP contribution in [0.25, 0.3) is 11.4 Å². The van der Waals surface area contributed by atoms with E-state index in [1.807, 2.05) is 31.2 Å². The molecule has 4 rings (SSSR count). The van der Waals surface area contributed by atoms with Gasteiger partial charge in [0.05, 0.1) is 11.5 Å². The topological polar surface area (TPSA) is 106 Å². The average molecular weight is 407 g/mol. The van der Waals surface area contributed by atoms with E-state index in [-0.39, 0.29) is 17.2 Å². The van der Waals surface area contributed by atoms with Gasteiger partial charge in [-0.25, -0.2) is 0 Å². The molecule has 154 valence electrons. The number of rotatable bonds is 5. The minimum absolute atomic E-state index is 0.121. The number of amides is 1. The van der Waals surface area contributed by atoms with Crippen LogP contribution in [0.4, 0.5) is 5.69 Å². The van der Waals surface area contributed by atoms with Crippen molar-refractivity contribution in [2.75, 3.05) is 26.2 Å². The Kier molecular flexibility index (Phi) is 5.53. The van der Waals surface area contributed by atoms with Crippen LogP contribution in [0.5, 0.6) is 0 Å². The molecular weight excluding hydrogens is 386 g/mol. The molecule has 1 amide bonds. The summed E-state index contributed by atoms with van der Waals surface area (Å²) in [5, 5.41) is 15.2. The minimum Gasteiger partial charge on any atom is -0.338 e. The normalized spacial score (nSPS) is 14.6. The van der Waals surface area contributed by atoms with Crippen LogP contribution in [0.2, 0.25) is 0 Å². The molecule has 0 saturated carbocycles. The van der Waals surface area contributed by atoms with Crippen molar-refractivity contribution in [2.24, 2.45) is 0 Å². The lowest BCUT2D eigenvalue weighted by molar-refractivity contribution is -0.385. The van der Waals surface area contributed by atoms with Crippen LogP contribution in [-0.4, -0.2) is 56.9 Å². The molecule has 0 atom stereocenters. The quantitative estimate of drug-likeness (QED) is 0.473. The third-order valence-corrected chi connectivity index (χ3v) is 5.13. The number of para-hydroxylation sites is 1. The maximum absolute atomic E-state index is 12.7. The summed E-state index contributed by atoms with van der Waals surface area (Å²) in [5.41, 5.74) is 2.02. The standard InChI is InChI=1S/C21H21N5O4/c1-15-6-8-16(9-7-15)20-22-19(30-23-20)14-24-10-12-25(13-11-24)21(27)17-4-2-3-5-18(17)26(28)29/h2-9H,10-14H2,1H3. The predicted molar refractivity (Wildman–Crippen MR) is 109 cm³/mol. The zero-order valence-electron chi connectivity index (χ0n) is 16.5. The van der Waals surface area contributed by atoms with Gasteiger partial charge in [-0.15, -0.1) is 0 Å². The molecule has 2 heterocycles. The molecular formula is C21H21N5O4. The maximum Gasteiger partial charge on any atom is 0.282 e. The molecule has 9 nitrogen and oxygen atoms in total. The van der Waals surface area contributed by atoms with Crippen molar-refractivity contribution in [1.82, 2.24) is 19.9 Å². The van der Waals surface area contributed by atoms with Crippen molar-refractivity contribution < 1.29 is 14.2 Å². The highest BCUT2D eigenvalue weighted by Gasteiger charge is 2.27. The molecule has 30 heavy (non-hydrogen) atoms. The molecule has 0 unspecified atom stereocenters. The third-order valence-electron chi connectivity index (χ3n) is 5.13. The summed E-state index contributed by atoms with van der Waals surface area (Å²) in [7, 11) is 0. The number of nitrogens with zero attached hydrogens (tertiary/aromatic N) is 5. The molecule has 1 aliphatic rings. The van der Waals surface area contributed by atoms with Gasteiger partial charge in [-0.3, -0.25) is 19.8 Å². The molecule has 1 saturated heterocycles. The maximum atomic E-state index is 12.7. The van der Waals surface area contributed by atoms with Crippen LogP contribution >= 0.6 is 0 Å². The van der Waals surface area contributed by atoms with Crippen LogP contribution in [0.3, 0.4) is 0 Å². The van der Waals surface area contributed by atoms with E-state index in [9.17, 15) is 14.9 Å². The number of nitro benzene ring substituents is 1. The first-order valence-electron chi connectivity index (χ1n) is 9.66. The minimum atomic E-state index is -0.523. The van der Waals surface area contributed by atoms with E-state index in [1.54, 1.807) is 17.0 Å². The van der Waals surface area contributed by atoms with Gasteiger partial charge >= 0.3 is 0 Å². The SMILES string of the molecule is Cc1ccc(-c2noc(CN3CCN(C(=O)c4ccccc4[N+](=O)[O-])CC3)n2)cc1. The highest BCUT2D eigenvalue weighted by atomic mass is 16.6. The smallest absolute Gasteiger partial charge is 0.282 e. The number of nitro groups is 1. The van der Waals surface area contributed by atoms with Crippen LogP contribution in [0.1, 0.15) is 21.8 Å². The lowest BCUT2D eigenvalue weighted by atomic mass is 10.1. The molecule has 0 radical (unpaired) electrons. The summed E-state index contributed by atoms with van der Waals surface area (Å²) < 4.78 is 5.38. The van der Waals surface area contributed by atoms with E-state index < -0.39 is 4.92 Å². The van der Waals surface area contributed by atoms with Gasteiger partial charge in [0, 0.05) is 37.8 Å². The Hall–Kier alpha value is -3.59. The lowest BCUT2D eigenvalue weighted by Crippen LogP contribution is -2.48. The largest absolute Gasteiger partial charge is 0.338 e. The highest BCUT2D eigenvalue weighted by Crippen LogP contribution is 2.21.